The van der Waals surface area contributed by atoms with Crippen LogP contribution in [0.15, 0.2) is 36.5 Å². The van der Waals surface area contributed by atoms with Gasteiger partial charge in [0.25, 0.3) is 11.6 Å². The highest BCUT2D eigenvalue weighted by molar-refractivity contribution is 6.05. The number of fused-ring (bicyclic) bond motifs is 1. The van der Waals surface area contributed by atoms with Gasteiger partial charge in [0.15, 0.2) is 0 Å². The van der Waals surface area contributed by atoms with E-state index in [0.29, 0.717) is 17.0 Å². The van der Waals surface area contributed by atoms with E-state index < -0.39 is 10.8 Å². The quantitative estimate of drug-likeness (QED) is 0.437. The molecule has 0 radical (unpaired) electrons. The highest BCUT2D eigenvalue weighted by Crippen LogP contribution is 2.28. The minimum Gasteiger partial charge on any atom is -0.506 e. The van der Waals surface area contributed by atoms with Gasteiger partial charge in [-0.25, -0.2) is 4.98 Å². The van der Waals surface area contributed by atoms with Crippen LogP contribution < -0.4 is 5.32 Å². The lowest BCUT2D eigenvalue weighted by Crippen LogP contribution is -2.16. The Labute approximate surface area is 136 Å². The minimum absolute atomic E-state index is 0.0313. The van der Waals surface area contributed by atoms with Crippen LogP contribution in [0.3, 0.4) is 0 Å². The molecule has 24 heavy (non-hydrogen) atoms. The van der Waals surface area contributed by atoms with Crippen molar-refractivity contribution in [3.63, 3.8) is 0 Å². The lowest BCUT2D eigenvalue weighted by Gasteiger charge is -2.08. The van der Waals surface area contributed by atoms with E-state index in [1.165, 1.54) is 6.07 Å². The van der Waals surface area contributed by atoms with Gasteiger partial charge in [0.05, 0.1) is 16.3 Å². The van der Waals surface area contributed by atoms with Crippen molar-refractivity contribution in [2.24, 2.45) is 0 Å². The third-order valence-corrected chi connectivity index (χ3v) is 3.67. The number of anilines is 1. The first-order valence-corrected chi connectivity index (χ1v) is 7.11. The van der Waals surface area contributed by atoms with Crippen LogP contribution in [0.4, 0.5) is 11.4 Å². The van der Waals surface area contributed by atoms with Gasteiger partial charge in [0.1, 0.15) is 17.1 Å². The molecule has 0 saturated carbocycles. The molecule has 0 atom stereocenters. The molecule has 0 fully saturated rings. The van der Waals surface area contributed by atoms with E-state index in [9.17, 15) is 20.0 Å². The number of carbonyl (C=O) groups is 1. The molecule has 8 nitrogen and oxygen atoms in total. The van der Waals surface area contributed by atoms with Crippen LogP contribution in [0.5, 0.6) is 5.75 Å². The van der Waals surface area contributed by atoms with Crippen molar-refractivity contribution in [2.75, 3.05) is 5.32 Å². The Morgan fingerprint density at radius 2 is 2.08 bits per heavy atom. The number of phenols is 1. The van der Waals surface area contributed by atoms with Gasteiger partial charge in [-0.1, -0.05) is 6.07 Å². The molecule has 0 aliphatic carbocycles. The number of imidazole rings is 1. The lowest BCUT2D eigenvalue weighted by atomic mass is 10.2. The molecule has 0 saturated heterocycles. The van der Waals surface area contributed by atoms with E-state index >= 15 is 0 Å². The predicted molar refractivity (Wildman–Crippen MR) is 87.4 cm³/mol. The van der Waals surface area contributed by atoms with Gasteiger partial charge >= 0.3 is 0 Å². The third kappa shape index (κ3) is 2.54. The topological polar surface area (TPSA) is 110 Å². The van der Waals surface area contributed by atoms with Crippen molar-refractivity contribution in [1.82, 2.24) is 9.38 Å². The molecule has 122 valence electrons. The molecule has 0 aliphatic heterocycles. The fraction of sp³-hybridized carbons (Fsp3) is 0.125. The summed E-state index contributed by atoms with van der Waals surface area (Å²) in [5.41, 5.74) is 2.14. The standard InChI is InChI=1S/C16H14N4O4/c1-9-4-3-7-19-14(10(2)17-15(9)19)16(22)18-12-8-11(20(23)24)5-6-13(12)21/h3-8,21H,1-2H3,(H,18,22). The summed E-state index contributed by atoms with van der Waals surface area (Å²) in [6.07, 6.45) is 1.71. The Morgan fingerprint density at radius 1 is 1.33 bits per heavy atom. The summed E-state index contributed by atoms with van der Waals surface area (Å²) in [6, 6.07) is 7.12. The van der Waals surface area contributed by atoms with E-state index in [1.54, 1.807) is 23.6 Å². The molecule has 8 heteroatoms. The first-order chi connectivity index (χ1) is 11.4. The summed E-state index contributed by atoms with van der Waals surface area (Å²) in [7, 11) is 0. The Hall–Kier alpha value is -3.42. The molecule has 0 bridgehead atoms. The Bertz CT molecular complexity index is 978. The molecular weight excluding hydrogens is 312 g/mol. The Kier molecular flexibility index (Phi) is 3.64. The summed E-state index contributed by atoms with van der Waals surface area (Å²) in [5, 5.41) is 23.2. The van der Waals surface area contributed by atoms with Crippen molar-refractivity contribution in [3.8, 4) is 5.75 Å². The predicted octanol–water partition coefficient (Wildman–Crippen LogP) is 2.82. The number of aromatic hydroxyl groups is 1. The monoisotopic (exact) mass is 326 g/mol. The second-order valence-corrected chi connectivity index (χ2v) is 5.34. The Morgan fingerprint density at radius 3 is 2.79 bits per heavy atom. The molecule has 3 rings (SSSR count). The number of nitro benzene ring substituents is 1. The number of amides is 1. The number of pyridine rings is 1. The van der Waals surface area contributed by atoms with Crippen LogP contribution in [0.25, 0.3) is 5.65 Å². The average molecular weight is 326 g/mol. The summed E-state index contributed by atoms with van der Waals surface area (Å²) >= 11 is 0. The zero-order valence-electron chi connectivity index (χ0n) is 13.0. The third-order valence-electron chi connectivity index (χ3n) is 3.67. The molecule has 1 amide bonds. The SMILES string of the molecule is Cc1nc2c(C)cccn2c1C(=O)Nc1cc([N+](=O)[O-])ccc1O. The first kappa shape index (κ1) is 15.5. The van der Waals surface area contributed by atoms with E-state index in [1.807, 2.05) is 13.0 Å². The molecule has 0 unspecified atom stereocenters. The van der Waals surface area contributed by atoms with E-state index in [-0.39, 0.29) is 17.1 Å². The molecule has 2 N–H and O–H groups in total. The number of aromatic nitrogens is 2. The molecule has 1 aromatic carbocycles. The maximum absolute atomic E-state index is 12.6. The molecule has 0 aliphatic rings. The number of nitrogens with zero attached hydrogens (tertiary/aromatic N) is 3. The fourth-order valence-electron chi connectivity index (χ4n) is 2.51. The van der Waals surface area contributed by atoms with Gasteiger partial charge in [-0.05, 0) is 31.5 Å². The van der Waals surface area contributed by atoms with E-state index in [2.05, 4.69) is 10.3 Å². The lowest BCUT2D eigenvalue weighted by molar-refractivity contribution is -0.384. The van der Waals surface area contributed by atoms with Gasteiger partial charge in [-0.15, -0.1) is 0 Å². The van der Waals surface area contributed by atoms with Crippen LogP contribution in [-0.2, 0) is 0 Å². The number of benzene rings is 1. The van der Waals surface area contributed by atoms with Gasteiger partial charge in [0, 0.05) is 18.3 Å². The van der Waals surface area contributed by atoms with Gasteiger partial charge < -0.3 is 10.4 Å². The molecular formula is C16H14N4O4. The van der Waals surface area contributed by atoms with E-state index in [4.69, 9.17) is 0 Å². The zero-order chi connectivity index (χ0) is 17.4. The first-order valence-electron chi connectivity index (χ1n) is 7.11. The van der Waals surface area contributed by atoms with Gasteiger partial charge in [0.2, 0.25) is 0 Å². The maximum atomic E-state index is 12.6. The normalized spacial score (nSPS) is 10.8. The number of aryl methyl sites for hydroxylation is 2. The van der Waals surface area contributed by atoms with Crippen molar-refractivity contribution >= 4 is 22.9 Å². The average Bonchev–Trinajstić information content (AvgIpc) is 2.87. The van der Waals surface area contributed by atoms with E-state index in [0.717, 1.165) is 17.7 Å². The molecule has 2 heterocycles. The number of hydrogen-bond acceptors (Lipinski definition) is 5. The zero-order valence-corrected chi connectivity index (χ0v) is 13.0. The second-order valence-electron chi connectivity index (χ2n) is 5.34. The Balaban J connectivity index is 2.03. The molecule has 0 spiro atoms. The summed E-state index contributed by atoms with van der Waals surface area (Å²) in [4.78, 5) is 27.2. The van der Waals surface area contributed by atoms with Crippen molar-refractivity contribution in [2.45, 2.75) is 13.8 Å². The maximum Gasteiger partial charge on any atom is 0.274 e. The number of nitro groups is 1. The molecule has 2 aromatic heterocycles. The largest absolute Gasteiger partial charge is 0.506 e. The number of hydrogen-bond donors (Lipinski definition) is 2. The molecule has 3 aromatic rings. The summed E-state index contributed by atoms with van der Waals surface area (Å²) in [6.45, 7) is 3.59. The van der Waals surface area contributed by atoms with Crippen LogP contribution in [0, 0.1) is 24.0 Å². The number of rotatable bonds is 3. The number of carbonyl (C=O) groups excluding carboxylic acids is 1. The van der Waals surface area contributed by atoms with Crippen molar-refractivity contribution < 1.29 is 14.8 Å². The van der Waals surface area contributed by atoms with Crippen molar-refractivity contribution in [3.05, 3.63) is 63.6 Å². The number of non-ortho nitro benzene ring substituents is 1. The van der Waals surface area contributed by atoms with Crippen molar-refractivity contribution in [1.29, 1.82) is 0 Å². The van der Waals surface area contributed by atoms with Crippen LogP contribution in [-0.4, -0.2) is 25.3 Å². The van der Waals surface area contributed by atoms with Crippen LogP contribution >= 0.6 is 0 Å². The van der Waals surface area contributed by atoms with Gasteiger partial charge in [-0.2, -0.15) is 0 Å². The second kappa shape index (κ2) is 5.65. The summed E-state index contributed by atoms with van der Waals surface area (Å²) in [5.74, 6) is -0.766. The highest BCUT2D eigenvalue weighted by atomic mass is 16.6. The number of phenolic OH excluding ortho intramolecular Hbond substituents is 1. The van der Waals surface area contributed by atoms with Crippen LogP contribution in [0.1, 0.15) is 21.7 Å². The van der Waals surface area contributed by atoms with Crippen LogP contribution in [0.2, 0.25) is 0 Å². The summed E-state index contributed by atoms with van der Waals surface area (Å²) < 4.78 is 1.65. The highest BCUT2D eigenvalue weighted by Gasteiger charge is 2.19. The smallest absolute Gasteiger partial charge is 0.274 e. The minimum atomic E-state index is -0.599. The van der Waals surface area contributed by atoms with Gasteiger partial charge in [-0.3, -0.25) is 19.3 Å². The fourth-order valence-corrected chi connectivity index (χ4v) is 2.51. The number of nitrogens with one attached hydrogen (secondary N) is 1.